The number of benzene rings is 3. The molecule has 2 amide bonds. The molecule has 7 nitrogen and oxygen atoms in total. The van der Waals surface area contributed by atoms with E-state index in [1.165, 1.54) is 4.90 Å². The number of imide groups is 1. The minimum absolute atomic E-state index is 0.196. The van der Waals surface area contributed by atoms with Crippen molar-refractivity contribution in [3.63, 3.8) is 0 Å². The van der Waals surface area contributed by atoms with E-state index in [0.29, 0.717) is 31.6 Å². The van der Waals surface area contributed by atoms with E-state index in [9.17, 15) is 19.7 Å². The van der Waals surface area contributed by atoms with Gasteiger partial charge in [0.05, 0.1) is 30.2 Å². The number of nitrogens with zero attached hydrogens (tertiary/aromatic N) is 1. The van der Waals surface area contributed by atoms with Gasteiger partial charge in [0.15, 0.2) is 0 Å². The van der Waals surface area contributed by atoms with Crippen LogP contribution in [0.3, 0.4) is 0 Å². The average molecular weight is 563 g/mol. The number of para-hydroxylation sites is 2. The van der Waals surface area contributed by atoms with E-state index >= 15 is 0 Å². The summed E-state index contributed by atoms with van der Waals surface area (Å²) in [6, 6.07) is 26.3. The van der Waals surface area contributed by atoms with Gasteiger partial charge in [0.2, 0.25) is 11.8 Å². The Balaban J connectivity index is 1.33. The van der Waals surface area contributed by atoms with Crippen molar-refractivity contribution in [2.24, 2.45) is 17.8 Å². The van der Waals surface area contributed by atoms with Crippen LogP contribution in [0.2, 0.25) is 6.32 Å². The van der Waals surface area contributed by atoms with Gasteiger partial charge >= 0.3 is 7.12 Å². The molecule has 2 heterocycles. The van der Waals surface area contributed by atoms with Gasteiger partial charge in [0, 0.05) is 12.7 Å². The smallest absolute Gasteiger partial charge is 0.455 e. The Bertz CT molecular complexity index is 1520. The number of anilines is 1. The molecule has 0 unspecified atom stereocenters. The summed E-state index contributed by atoms with van der Waals surface area (Å²) in [7, 11) is 0.574. The monoisotopic (exact) mass is 563 g/mol. The van der Waals surface area contributed by atoms with Crippen LogP contribution >= 0.6 is 0 Å². The topological polar surface area (TPSA) is 96.3 Å². The summed E-state index contributed by atoms with van der Waals surface area (Å²) in [6.45, 7) is 0.330. The Morgan fingerprint density at radius 1 is 0.976 bits per heavy atom. The van der Waals surface area contributed by atoms with Crippen molar-refractivity contribution in [1.82, 2.24) is 0 Å². The molecule has 3 aliphatic rings. The number of fused-ring (bicyclic) bond motifs is 3. The zero-order valence-corrected chi connectivity index (χ0v) is 23.6. The molecule has 0 aromatic heterocycles. The van der Waals surface area contributed by atoms with E-state index in [2.05, 4.69) is 0 Å². The number of hydrogen-bond acceptors (Lipinski definition) is 6. The van der Waals surface area contributed by atoms with Crippen LogP contribution in [0.25, 0.3) is 11.6 Å². The van der Waals surface area contributed by atoms with Crippen LogP contribution in [0.1, 0.15) is 30.4 Å². The second kappa shape index (κ2) is 12.1. The van der Waals surface area contributed by atoms with Crippen molar-refractivity contribution < 1.29 is 29.1 Å². The van der Waals surface area contributed by atoms with Crippen molar-refractivity contribution in [3.8, 4) is 5.75 Å². The van der Waals surface area contributed by atoms with Gasteiger partial charge in [-0.1, -0.05) is 66.7 Å². The predicted molar refractivity (Wildman–Crippen MR) is 162 cm³/mol. The zero-order valence-electron chi connectivity index (χ0n) is 23.6. The van der Waals surface area contributed by atoms with Gasteiger partial charge in [-0.05, 0) is 78.1 Å². The van der Waals surface area contributed by atoms with E-state index < -0.39 is 25.1 Å². The number of ether oxygens (including phenoxy) is 1. The fourth-order valence-corrected chi connectivity index (χ4v) is 6.94. The number of rotatable bonds is 8. The van der Waals surface area contributed by atoms with E-state index in [0.717, 1.165) is 27.8 Å². The van der Waals surface area contributed by atoms with Crippen LogP contribution < -0.4 is 4.90 Å². The Morgan fingerprint density at radius 3 is 2.38 bits per heavy atom. The molecular formula is C34H34BNO6. The molecule has 2 aliphatic heterocycles. The second-order valence-electron chi connectivity index (χ2n) is 11.2. The molecule has 3 aromatic carbocycles. The normalized spacial score (nSPS) is 24.2. The quantitative estimate of drug-likeness (QED) is 0.166. The highest BCUT2D eigenvalue weighted by molar-refractivity contribution is 6.43. The highest BCUT2D eigenvalue weighted by Gasteiger charge is 2.57. The average Bonchev–Trinajstić information content (AvgIpc) is 3.26. The van der Waals surface area contributed by atoms with Crippen LogP contribution in [-0.2, 0) is 19.0 Å². The van der Waals surface area contributed by atoms with E-state index in [1.54, 1.807) is 31.4 Å². The van der Waals surface area contributed by atoms with Crippen molar-refractivity contribution in [1.29, 1.82) is 0 Å². The lowest BCUT2D eigenvalue weighted by Crippen LogP contribution is -2.46. The first-order valence-corrected chi connectivity index (χ1v) is 14.5. The molecule has 42 heavy (non-hydrogen) atoms. The number of carbonyl (C=O) groups is 2. The van der Waals surface area contributed by atoms with Crippen molar-refractivity contribution in [2.45, 2.75) is 31.7 Å². The van der Waals surface area contributed by atoms with Crippen LogP contribution in [0.4, 0.5) is 5.69 Å². The Labute approximate surface area is 246 Å². The van der Waals surface area contributed by atoms with Gasteiger partial charge in [-0.15, -0.1) is 0 Å². The highest BCUT2D eigenvalue weighted by Crippen LogP contribution is 2.51. The van der Waals surface area contributed by atoms with Crippen LogP contribution in [0.5, 0.6) is 5.75 Å². The number of carbonyl (C=O) groups excluding carboxylic acids is 2. The van der Waals surface area contributed by atoms with E-state index in [-0.39, 0.29) is 29.8 Å². The van der Waals surface area contributed by atoms with Crippen LogP contribution in [0.15, 0.2) is 96.1 Å². The first-order valence-electron chi connectivity index (χ1n) is 14.5. The fourth-order valence-electron chi connectivity index (χ4n) is 6.94. The lowest BCUT2D eigenvalue weighted by molar-refractivity contribution is -0.122. The maximum atomic E-state index is 13.9. The third kappa shape index (κ3) is 5.33. The molecule has 3 aromatic rings. The number of allylic oxidation sites excluding steroid dienone is 1. The van der Waals surface area contributed by atoms with Gasteiger partial charge in [-0.3, -0.25) is 14.5 Å². The molecule has 4 atom stereocenters. The van der Waals surface area contributed by atoms with Gasteiger partial charge in [-0.25, -0.2) is 0 Å². The predicted octanol–water partition coefficient (Wildman–Crippen LogP) is 5.36. The Kier molecular flexibility index (Phi) is 8.11. The van der Waals surface area contributed by atoms with Crippen LogP contribution in [0, 0.1) is 17.8 Å². The zero-order chi connectivity index (χ0) is 29.2. The number of methoxy groups -OCH3 is 1. The molecule has 0 radical (unpaired) electrons. The lowest BCUT2D eigenvalue weighted by Gasteiger charge is -2.43. The van der Waals surface area contributed by atoms with Gasteiger partial charge in [0.25, 0.3) is 0 Å². The number of hydrogen-bond donors (Lipinski definition) is 2. The molecule has 6 rings (SSSR count). The maximum Gasteiger partial charge on any atom is 0.455 e. The molecule has 0 spiro atoms. The minimum atomic E-state index is -1.05. The molecule has 214 valence electrons. The third-order valence-corrected chi connectivity index (χ3v) is 8.73. The number of phenols is 1. The second-order valence-corrected chi connectivity index (χ2v) is 11.2. The molecule has 0 saturated carbocycles. The number of phenolic OH excluding ortho intramolecular Hbond substituents is 1. The molecule has 2 N–H and O–H groups in total. The fraction of sp³-hybridized carbons (Fsp3) is 0.294. The molecule has 2 saturated heterocycles. The maximum absolute atomic E-state index is 13.9. The minimum Gasteiger partial charge on any atom is -0.507 e. The Morgan fingerprint density at radius 2 is 1.67 bits per heavy atom. The highest BCUT2D eigenvalue weighted by atomic mass is 16.5. The van der Waals surface area contributed by atoms with Crippen molar-refractivity contribution in [3.05, 3.63) is 107 Å². The molecular weight excluding hydrogens is 529 g/mol. The molecule has 2 fully saturated rings. The Hall–Kier alpha value is -3.98. The molecule has 0 bridgehead atoms. The summed E-state index contributed by atoms with van der Waals surface area (Å²) < 4.78 is 11.8. The summed E-state index contributed by atoms with van der Waals surface area (Å²) in [5, 5.41) is 21.4. The van der Waals surface area contributed by atoms with Gasteiger partial charge in [-0.2, -0.15) is 0 Å². The summed E-state index contributed by atoms with van der Waals surface area (Å²) in [6.07, 6.45) is 3.36. The van der Waals surface area contributed by atoms with E-state index in [4.69, 9.17) is 9.39 Å². The first kappa shape index (κ1) is 28.2. The first-order chi connectivity index (χ1) is 20.5. The summed E-state index contributed by atoms with van der Waals surface area (Å²) >= 11 is 0. The summed E-state index contributed by atoms with van der Waals surface area (Å²) in [5.41, 5.74) is 5.29. The van der Waals surface area contributed by atoms with Gasteiger partial charge in [0.1, 0.15) is 5.75 Å². The van der Waals surface area contributed by atoms with Gasteiger partial charge < -0.3 is 19.5 Å². The summed E-state index contributed by atoms with van der Waals surface area (Å²) in [5.74, 6) is -1.59. The SMILES string of the molecule is COCC1=C2[C@@H](CC/C(=C/c3ccccc3O)c3ccccc3)OB(O)C[C@@H]2[C@@H]2C(=O)N(c3ccccc3)C(=O)[C@@H]2C1. The summed E-state index contributed by atoms with van der Waals surface area (Å²) in [4.78, 5) is 28.8. The number of aromatic hydroxyl groups is 1. The third-order valence-electron chi connectivity index (χ3n) is 8.73. The van der Waals surface area contributed by atoms with E-state index in [1.807, 2.05) is 66.7 Å². The lowest BCUT2D eigenvalue weighted by atomic mass is 9.58. The molecule has 8 heteroatoms. The van der Waals surface area contributed by atoms with Crippen LogP contribution in [-0.4, -0.2) is 48.9 Å². The standard InChI is InChI=1S/C34H34BNO6/c1-41-21-25-19-27-32(34(39)36(33(27)38)26-13-6-3-7-14-26)28-20-35(40)42-30(31(25)28)17-16-23(22-10-4-2-5-11-22)18-24-12-8-9-15-29(24)37/h2-15,18,27-28,30,32,37,40H,16-17,19-21H2,1H3/b23-18-/t27-,28+,30-,32-/m1/s1. The molecule has 1 aliphatic carbocycles. The number of amides is 2. The largest absolute Gasteiger partial charge is 0.507 e. The van der Waals surface area contributed by atoms with Crippen molar-refractivity contribution >= 4 is 36.3 Å². The van der Waals surface area contributed by atoms with Crippen molar-refractivity contribution in [2.75, 3.05) is 18.6 Å².